The highest BCUT2D eigenvalue weighted by Gasteiger charge is 2.29. The first kappa shape index (κ1) is 17.1. The molecule has 5 heteroatoms. The summed E-state index contributed by atoms with van der Waals surface area (Å²) in [6, 6.07) is 10.7. The van der Waals surface area contributed by atoms with Crippen LogP contribution in [0.25, 0.3) is 0 Å². The zero-order valence-electron chi connectivity index (χ0n) is 13.5. The van der Waals surface area contributed by atoms with Crippen LogP contribution < -0.4 is 0 Å². The van der Waals surface area contributed by atoms with Gasteiger partial charge in [-0.2, -0.15) is 0 Å². The van der Waals surface area contributed by atoms with Crippen LogP contribution in [-0.2, 0) is 4.79 Å². The number of halogens is 1. The number of aliphatic hydroxyl groups is 1. The summed E-state index contributed by atoms with van der Waals surface area (Å²) in [4.78, 5) is 14.7. The van der Waals surface area contributed by atoms with Crippen molar-refractivity contribution in [3.8, 4) is 0 Å². The molecular formula is C19H22ClNO3. The number of rotatable bonds is 4. The van der Waals surface area contributed by atoms with Crippen molar-refractivity contribution in [2.24, 2.45) is 0 Å². The Morgan fingerprint density at radius 1 is 1.25 bits per heavy atom. The molecule has 4 nitrogen and oxygen atoms in total. The van der Waals surface area contributed by atoms with E-state index in [1.54, 1.807) is 30.5 Å². The lowest BCUT2D eigenvalue weighted by Crippen LogP contribution is -2.35. The zero-order valence-corrected chi connectivity index (χ0v) is 14.3. The minimum Gasteiger partial charge on any atom is -0.467 e. The summed E-state index contributed by atoms with van der Waals surface area (Å²) in [5, 5.41) is 11.0. The third kappa shape index (κ3) is 4.00. The molecule has 1 aromatic carbocycles. The summed E-state index contributed by atoms with van der Waals surface area (Å²) in [5.74, 6) is 0.784. The maximum absolute atomic E-state index is 12.8. The number of amides is 1. The van der Waals surface area contributed by atoms with E-state index in [4.69, 9.17) is 16.0 Å². The highest BCUT2D eigenvalue weighted by molar-refractivity contribution is 6.30. The second kappa shape index (κ2) is 7.86. The largest absolute Gasteiger partial charge is 0.467 e. The predicted octanol–water partition coefficient (Wildman–Crippen LogP) is 4.50. The van der Waals surface area contributed by atoms with Gasteiger partial charge >= 0.3 is 0 Å². The third-order valence-corrected chi connectivity index (χ3v) is 4.82. The average Bonchev–Trinajstić information content (AvgIpc) is 2.99. The second-order valence-electron chi connectivity index (χ2n) is 6.24. The van der Waals surface area contributed by atoms with Gasteiger partial charge in [-0.3, -0.25) is 4.79 Å². The Morgan fingerprint density at radius 2 is 2.04 bits per heavy atom. The van der Waals surface area contributed by atoms with E-state index in [0.29, 0.717) is 17.1 Å². The zero-order chi connectivity index (χ0) is 16.9. The molecular weight excluding hydrogens is 326 g/mol. The van der Waals surface area contributed by atoms with Gasteiger partial charge in [0.15, 0.2) is 0 Å². The molecule has 3 rings (SSSR count). The maximum Gasteiger partial charge on any atom is 0.226 e. The van der Waals surface area contributed by atoms with Gasteiger partial charge in [-0.05, 0) is 42.7 Å². The predicted molar refractivity (Wildman–Crippen MR) is 92.7 cm³/mol. The Hall–Kier alpha value is -1.78. The molecule has 0 bridgehead atoms. The van der Waals surface area contributed by atoms with Crippen LogP contribution in [0.2, 0.25) is 5.02 Å². The van der Waals surface area contributed by atoms with Crippen LogP contribution in [0.4, 0.5) is 0 Å². The first-order valence-electron chi connectivity index (χ1n) is 8.41. The van der Waals surface area contributed by atoms with Gasteiger partial charge in [0.1, 0.15) is 5.76 Å². The lowest BCUT2D eigenvalue weighted by molar-refractivity contribution is -0.136. The van der Waals surface area contributed by atoms with Crippen molar-refractivity contribution in [2.75, 3.05) is 6.54 Å². The normalized spacial score (nSPS) is 19.8. The van der Waals surface area contributed by atoms with Gasteiger partial charge in [-0.1, -0.05) is 36.6 Å². The molecule has 1 aromatic heterocycles. The fraction of sp³-hybridized carbons (Fsp3) is 0.421. The van der Waals surface area contributed by atoms with Gasteiger partial charge in [0, 0.05) is 11.6 Å². The molecule has 2 atom stereocenters. The van der Waals surface area contributed by atoms with Gasteiger partial charge in [0.25, 0.3) is 0 Å². The van der Waals surface area contributed by atoms with Gasteiger partial charge < -0.3 is 14.4 Å². The van der Waals surface area contributed by atoms with E-state index in [9.17, 15) is 9.90 Å². The Kier molecular flexibility index (Phi) is 5.59. The number of aliphatic hydroxyl groups excluding tert-OH is 1. The average molecular weight is 348 g/mol. The molecule has 1 amide bonds. The summed E-state index contributed by atoms with van der Waals surface area (Å²) < 4.78 is 5.54. The van der Waals surface area contributed by atoms with Crippen LogP contribution in [0.15, 0.2) is 47.1 Å². The number of benzene rings is 1. The topological polar surface area (TPSA) is 53.7 Å². The molecule has 1 aliphatic heterocycles. The molecule has 2 unspecified atom stereocenters. The number of nitrogens with zero attached hydrogens (tertiary/aromatic N) is 1. The van der Waals surface area contributed by atoms with Crippen LogP contribution in [0.1, 0.15) is 55.6 Å². The third-order valence-electron chi connectivity index (χ3n) is 4.57. The molecule has 128 valence electrons. The lowest BCUT2D eigenvalue weighted by Gasteiger charge is -2.29. The molecule has 0 radical (unpaired) electrons. The molecule has 24 heavy (non-hydrogen) atoms. The molecule has 1 aliphatic rings. The lowest BCUT2D eigenvalue weighted by atomic mass is 10.0. The molecule has 1 N–H and O–H groups in total. The molecule has 2 aromatic rings. The molecule has 0 saturated carbocycles. The second-order valence-corrected chi connectivity index (χ2v) is 6.68. The van der Waals surface area contributed by atoms with Crippen molar-refractivity contribution in [1.82, 2.24) is 4.90 Å². The van der Waals surface area contributed by atoms with E-state index < -0.39 is 6.10 Å². The first-order chi connectivity index (χ1) is 11.6. The molecule has 2 heterocycles. The van der Waals surface area contributed by atoms with E-state index in [-0.39, 0.29) is 18.4 Å². The monoisotopic (exact) mass is 347 g/mol. The quantitative estimate of drug-likeness (QED) is 0.885. The van der Waals surface area contributed by atoms with Crippen LogP contribution in [-0.4, -0.2) is 22.5 Å². The highest BCUT2D eigenvalue weighted by atomic mass is 35.5. The Balaban J connectivity index is 1.72. The number of likely N-dealkylation sites (tertiary alicyclic amines) is 1. The Labute approximate surface area is 147 Å². The Morgan fingerprint density at radius 3 is 2.75 bits per heavy atom. The summed E-state index contributed by atoms with van der Waals surface area (Å²) in [6.45, 7) is 0.706. The van der Waals surface area contributed by atoms with E-state index in [1.165, 1.54) is 0 Å². The van der Waals surface area contributed by atoms with Gasteiger partial charge in [0.05, 0.1) is 24.8 Å². The smallest absolute Gasteiger partial charge is 0.226 e. The van der Waals surface area contributed by atoms with Crippen molar-refractivity contribution in [3.05, 3.63) is 59.0 Å². The van der Waals surface area contributed by atoms with Crippen molar-refractivity contribution in [1.29, 1.82) is 0 Å². The van der Waals surface area contributed by atoms with E-state index in [0.717, 1.165) is 31.4 Å². The molecule has 0 aliphatic carbocycles. The van der Waals surface area contributed by atoms with Crippen LogP contribution in [0.3, 0.4) is 0 Å². The SMILES string of the molecule is O=C(CC(O)c1ccc(Cl)cc1)N1CCCCCC1c1ccco1. The van der Waals surface area contributed by atoms with Crippen LogP contribution in [0.5, 0.6) is 0 Å². The maximum atomic E-state index is 12.8. The number of hydrogen-bond donors (Lipinski definition) is 1. The molecule has 0 spiro atoms. The number of furan rings is 1. The van der Waals surface area contributed by atoms with Crippen molar-refractivity contribution < 1.29 is 14.3 Å². The summed E-state index contributed by atoms with van der Waals surface area (Å²) in [7, 11) is 0. The molecule has 1 saturated heterocycles. The minimum atomic E-state index is -0.824. The van der Waals surface area contributed by atoms with Gasteiger partial charge in [-0.15, -0.1) is 0 Å². The van der Waals surface area contributed by atoms with Crippen molar-refractivity contribution in [3.63, 3.8) is 0 Å². The summed E-state index contributed by atoms with van der Waals surface area (Å²) >= 11 is 5.87. The fourth-order valence-corrected chi connectivity index (χ4v) is 3.39. The van der Waals surface area contributed by atoms with E-state index in [1.807, 2.05) is 17.0 Å². The van der Waals surface area contributed by atoms with Crippen LogP contribution in [0, 0.1) is 0 Å². The standard InChI is InChI=1S/C19H22ClNO3/c20-15-9-7-14(8-10-15)17(22)13-19(23)21-11-3-1-2-5-16(21)18-6-4-12-24-18/h4,6-10,12,16-17,22H,1-3,5,11,13H2. The number of carbonyl (C=O) groups excluding carboxylic acids is 1. The van der Waals surface area contributed by atoms with Gasteiger partial charge in [-0.25, -0.2) is 0 Å². The van der Waals surface area contributed by atoms with E-state index in [2.05, 4.69) is 0 Å². The van der Waals surface area contributed by atoms with E-state index >= 15 is 0 Å². The van der Waals surface area contributed by atoms with Gasteiger partial charge in [0.2, 0.25) is 5.91 Å². The number of carbonyl (C=O) groups is 1. The fourth-order valence-electron chi connectivity index (χ4n) is 3.27. The van der Waals surface area contributed by atoms with Crippen molar-refractivity contribution in [2.45, 2.75) is 44.2 Å². The first-order valence-corrected chi connectivity index (χ1v) is 8.79. The highest BCUT2D eigenvalue weighted by Crippen LogP contribution is 2.32. The summed E-state index contributed by atoms with van der Waals surface area (Å²) in [5.41, 5.74) is 0.706. The summed E-state index contributed by atoms with van der Waals surface area (Å²) in [6.07, 6.45) is 4.96. The Bertz CT molecular complexity index is 654. The minimum absolute atomic E-state index is 0.0348. The molecule has 1 fully saturated rings. The van der Waals surface area contributed by atoms with Crippen LogP contribution >= 0.6 is 11.6 Å². The number of hydrogen-bond acceptors (Lipinski definition) is 3. The van der Waals surface area contributed by atoms with Crippen molar-refractivity contribution >= 4 is 17.5 Å².